The number of halogens is 1. The van der Waals surface area contributed by atoms with E-state index in [9.17, 15) is 4.79 Å². The molecule has 1 aromatic carbocycles. The van der Waals surface area contributed by atoms with Crippen LogP contribution in [-0.4, -0.2) is 27.8 Å². The van der Waals surface area contributed by atoms with E-state index in [1.54, 1.807) is 29.1 Å². The Labute approximate surface area is 163 Å². The summed E-state index contributed by atoms with van der Waals surface area (Å²) in [6.45, 7) is 6.18. The number of hydrogen-bond donors (Lipinski definition) is 1. The van der Waals surface area contributed by atoms with E-state index in [1.807, 2.05) is 24.3 Å². The number of rotatable bonds is 4. The molecule has 0 bridgehead atoms. The van der Waals surface area contributed by atoms with E-state index in [-0.39, 0.29) is 11.3 Å². The Balaban J connectivity index is 2.03. The first-order valence-electron chi connectivity index (χ1n) is 8.46. The maximum absolute atomic E-state index is 12.9. The molecule has 6 nitrogen and oxygen atoms in total. The average Bonchev–Trinajstić information content (AvgIpc) is 3.06. The number of nitrogens with zero attached hydrogens (tertiary/aromatic N) is 3. The second-order valence-electron chi connectivity index (χ2n) is 7.06. The summed E-state index contributed by atoms with van der Waals surface area (Å²) in [5.74, 6) is 1.23. The molecule has 0 aliphatic carbocycles. The zero-order valence-electron chi connectivity index (χ0n) is 15.7. The molecule has 0 saturated carbocycles. The summed E-state index contributed by atoms with van der Waals surface area (Å²) in [6.07, 6.45) is 1.68. The van der Waals surface area contributed by atoms with Crippen molar-refractivity contribution in [3.63, 3.8) is 0 Å². The van der Waals surface area contributed by atoms with E-state index >= 15 is 0 Å². The van der Waals surface area contributed by atoms with Gasteiger partial charge in [0.2, 0.25) is 0 Å². The van der Waals surface area contributed by atoms with Gasteiger partial charge in [-0.05, 0) is 30.3 Å². The summed E-state index contributed by atoms with van der Waals surface area (Å²) in [6, 6.07) is 12.3. The van der Waals surface area contributed by atoms with Crippen molar-refractivity contribution in [1.82, 2.24) is 14.8 Å². The molecule has 0 aliphatic heterocycles. The van der Waals surface area contributed by atoms with Gasteiger partial charge in [0.25, 0.3) is 5.91 Å². The van der Waals surface area contributed by atoms with Crippen LogP contribution in [-0.2, 0) is 5.41 Å². The van der Waals surface area contributed by atoms with Gasteiger partial charge in [-0.25, -0.2) is 4.98 Å². The highest BCUT2D eigenvalue weighted by Gasteiger charge is 2.23. The lowest BCUT2D eigenvalue weighted by Gasteiger charge is -2.13. The van der Waals surface area contributed by atoms with Crippen molar-refractivity contribution in [2.45, 2.75) is 26.2 Å². The summed E-state index contributed by atoms with van der Waals surface area (Å²) >= 11 is 6.05. The summed E-state index contributed by atoms with van der Waals surface area (Å²) in [5.41, 5.74) is 0.991. The maximum atomic E-state index is 12.9. The van der Waals surface area contributed by atoms with E-state index in [0.29, 0.717) is 28.0 Å². The molecule has 140 valence electrons. The number of aromatic nitrogens is 3. The van der Waals surface area contributed by atoms with Crippen molar-refractivity contribution in [2.75, 3.05) is 12.4 Å². The van der Waals surface area contributed by atoms with E-state index < -0.39 is 0 Å². The SMILES string of the molecule is COc1ccc(Cl)cc1C(=O)Nc1cc(C(C)(C)C)nn1-c1ccccn1. The average molecular weight is 385 g/mol. The number of amides is 1. The Morgan fingerprint density at radius 1 is 1.19 bits per heavy atom. The first-order valence-corrected chi connectivity index (χ1v) is 8.84. The van der Waals surface area contributed by atoms with Crippen LogP contribution in [0.15, 0.2) is 48.7 Å². The predicted octanol–water partition coefficient (Wildman–Crippen LogP) is 4.48. The minimum atomic E-state index is -0.341. The van der Waals surface area contributed by atoms with Crippen molar-refractivity contribution in [3.8, 4) is 11.6 Å². The summed E-state index contributed by atoms with van der Waals surface area (Å²) in [5, 5.41) is 8.00. The first-order chi connectivity index (χ1) is 12.8. The second-order valence-corrected chi connectivity index (χ2v) is 7.50. The third-order valence-electron chi connectivity index (χ3n) is 3.99. The van der Waals surface area contributed by atoms with Gasteiger partial charge in [0, 0.05) is 22.7 Å². The van der Waals surface area contributed by atoms with Crippen LogP contribution in [0.2, 0.25) is 5.02 Å². The fourth-order valence-electron chi connectivity index (χ4n) is 2.53. The minimum Gasteiger partial charge on any atom is -0.496 e. The molecule has 1 amide bonds. The van der Waals surface area contributed by atoms with Crippen molar-refractivity contribution in [1.29, 1.82) is 0 Å². The van der Waals surface area contributed by atoms with Gasteiger partial charge < -0.3 is 10.1 Å². The molecule has 3 aromatic rings. The predicted molar refractivity (Wildman–Crippen MR) is 106 cm³/mol. The van der Waals surface area contributed by atoms with Gasteiger partial charge in [-0.1, -0.05) is 38.4 Å². The number of nitrogens with one attached hydrogen (secondary N) is 1. The van der Waals surface area contributed by atoms with Gasteiger partial charge in [-0.15, -0.1) is 0 Å². The number of hydrogen-bond acceptors (Lipinski definition) is 4. The highest BCUT2D eigenvalue weighted by Crippen LogP contribution is 2.28. The van der Waals surface area contributed by atoms with Crippen molar-refractivity contribution in [3.05, 3.63) is 64.9 Å². The zero-order chi connectivity index (χ0) is 19.6. The Bertz CT molecular complexity index is 962. The number of pyridine rings is 1. The molecule has 1 N–H and O–H groups in total. The maximum Gasteiger partial charge on any atom is 0.260 e. The van der Waals surface area contributed by atoms with Gasteiger partial charge >= 0.3 is 0 Å². The van der Waals surface area contributed by atoms with E-state index in [1.165, 1.54) is 7.11 Å². The van der Waals surface area contributed by atoms with Crippen molar-refractivity contribution >= 4 is 23.3 Å². The lowest BCUT2D eigenvalue weighted by molar-refractivity contribution is 0.102. The quantitative estimate of drug-likeness (QED) is 0.720. The van der Waals surface area contributed by atoms with E-state index in [4.69, 9.17) is 16.3 Å². The monoisotopic (exact) mass is 384 g/mol. The van der Waals surface area contributed by atoms with Gasteiger partial charge in [0.15, 0.2) is 5.82 Å². The Hall–Kier alpha value is -2.86. The van der Waals surface area contributed by atoms with Crippen LogP contribution >= 0.6 is 11.6 Å². The molecule has 0 radical (unpaired) electrons. The minimum absolute atomic E-state index is 0.187. The molecule has 0 unspecified atom stereocenters. The van der Waals surface area contributed by atoms with Crippen LogP contribution in [0.25, 0.3) is 5.82 Å². The molecule has 0 atom stereocenters. The molecule has 0 fully saturated rings. The molecular weight excluding hydrogens is 364 g/mol. The van der Waals surface area contributed by atoms with Crippen LogP contribution in [0, 0.1) is 0 Å². The smallest absolute Gasteiger partial charge is 0.260 e. The van der Waals surface area contributed by atoms with E-state index in [2.05, 4.69) is 36.2 Å². The summed E-state index contributed by atoms with van der Waals surface area (Å²) in [7, 11) is 1.51. The van der Waals surface area contributed by atoms with Crippen molar-refractivity contribution < 1.29 is 9.53 Å². The van der Waals surface area contributed by atoms with Crippen molar-refractivity contribution in [2.24, 2.45) is 0 Å². The summed E-state index contributed by atoms with van der Waals surface area (Å²) in [4.78, 5) is 17.2. The van der Waals surface area contributed by atoms with Crippen LogP contribution in [0.3, 0.4) is 0 Å². The number of anilines is 1. The molecular formula is C20H21ClN4O2. The van der Waals surface area contributed by atoms with E-state index in [0.717, 1.165) is 5.69 Å². The number of methoxy groups -OCH3 is 1. The number of ether oxygens (including phenoxy) is 1. The first kappa shape index (κ1) is 18.9. The van der Waals surface area contributed by atoms with Crippen LogP contribution < -0.4 is 10.1 Å². The lowest BCUT2D eigenvalue weighted by Crippen LogP contribution is -2.16. The van der Waals surface area contributed by atoms with Gasteiger partial charge in [0.05, 0.1) is 18.4 Å². The fourth-order valence-corrected chi connectivity index (χ4v) is 2.70. The third-order valence-corrected chi connectivity index (χ3v) is 4.23. The molecule has 2 heterocycles. The Morgan fingerprint density at radius 3 is 2.59 bits per heavy atom. The highest BCUT2D eigenvalue weighted by atomic mass is 35.5. The molecule has 27 heavy (non-hydrogen) atoms. The largest absolute Gasteiger partial charge is 0.496 e. The van der Waals surface area contributed by atoms with Crippen LogP contribution in [0.1, 0.15) is 36.8 Å². The Kier molecular flexibility index (Phi) is 5.19. The number of carbonyl (C=O) groups excluding carboxylic acids is 1. The normalized spacial score (nSPS) is 11.3. The molecule has 2 aromatic heterocycles. The standard InChI is InChI=1S/C20H21ClN4O2/c1-20(2,3)16-12-18(25(24-16)17-7-5-6-10-22-17)23-19(26)14-11-13(21)8-9-15(14)27-4/h5-12H,1-4H3,(H,23,26). The molecule has 0 saturated heterocycles. The second kappa shape index (κ2) is 7.40. The van der Waals surface area contributed by atoms with Crippen LogP contribution in [0.4, 0.5) is 5.82 Å². The molecule has 0 spiro atoms. The molecule has 3 rings (SSSR count). The molecule has 7 heteroatoms. The lowest BCUT2D eigenvalue weighted by atomic mass is 9.92. The number of benzene rings is 1. The zero-order valence-corrected chi connectivity index (χ0v) is 16.4. The highest BCUT2D eigenvalue weighted by molar-refractivity contribution is 6.31. The van der Waals surface area contributed by atoms with Crippen LogP contribution in [0.5, 0.6) is 5.75 Å². The summed E-state index contributed by atoms with van der Waals surface area (Å²) < 4.78 is 6.90. The molecule has 0 aliphatic rings. The topological polar surface area (TPSA) is 69.0 Å². The Morgan fingerprint density at radius 2 is 1.96 bits per heavy atom. The van der Waals surface area contributed by atoms with Gasteiger partial charge in [-0.2, -0.15) is 9.78 Å². The van der Waals surface area contributed by atoms with Gasteiger partial charge in [-0.3, -0.25) is 4.79 Å². The third kappa shape index (κ3) is 4.11. The number of carbonyl (C=O) groups is 1. The van der Waals surface area contributed by atoms with Gasteiger partial charge in [0.1, 0.15) is 11.6 Å². The fraction of sp³-hybridized carbons (Fsp3) is 0.250.